The van der Waals surface area contributed by atoms with Gasteiger partial charge in [0.1, 0.15) is 0 Å². The van der Waals surface area contributed by atoms with Crippen molar-refractivity contribution in [2.24, 2.45) is 0 Å². The van der Waals surface area contributed by atoms with Crippen LogP contribution < -0.4 is 0 Å². The molecule has 0 aliphatic carbocycles. The van der Waals surface area contributed by atoms with E-state index in [0.717, 1.165) is 25.7 Å². The van der Waals surface area contributed by atoms with Gasteiger partial charge in [-0.1, -0.05) is 76.4 Å². The van der Waals surface area contributed by atoms with Crippen LogP contribution in [0, 0.1) is 0 Å². The summed E-state index contributed by atoms with van der Waals surface area (Å²) in [5, 5.41) is 9.89. The zero-order valence-electron chi connectivity index (χ0n) is 14.3. The van der Waals surface area contributed by atoms with E-state index in [4.69, 9.17) is 0 Å². The highest BCUT2D eigenvalue weighted by atomic mass is 16.3. The Balaban J connectivity index is 3.19. The highest BCUT2D eigenvalue weighted by Gasteiger charge is 2.03. The summed E-state index contributed by atoms with van der Waals surface area (Å²) in [4.78, 5) is 0. The number of unbranched alkanes of at least 4 members (excludes halogenated alkanes) is 9. The molecule has 0 unspecified atom stereocenters. The summed E-state index contributed by atoms with van der Waals surface area (Å²) in [6.45, 7) is 6.54. The van der Waals surface area contributed by atoms with Crippen LogP contribution >= 0.6 is 0 Å². The van der Waals surface area contributed by atoms with E-state index in [9.17, 15) is 5.11 Å². The van der Waals surface area contributed by atoms with Gasteiger partial charge in [0.15, 0.2) is 0 Å². The highest BCUT2D eigenvalue weighted by Crippen LogP contribution is 2.13. The fraction of sp³-hybridized carbons (Fsp3) is 0.895. The molecule has 1 heteroatoms. The number of hydrogen-bond donors (Lipinski definition) is 1. The maximum Gasteiger partial charge on any atom is 0.0540 e. The largest absolute Gasteiger partial charge is 0.393 e. The van der Waals surface area contributed by atoms with E-state index in [-0.39, 0.29) is 6.10 Å². The quantitative estimate of drug-likeness (QED) is 0.288. The summed E-state index contributed by atoms with van der Waals surface area (Å²) in [6, 6.07) is 0. The second kappa shape index (κ2) is 15.1. The van der Waals surface area contributed by atoms with Crippen LogP contribution in [0.25, 0.3) is 0 Å². The molecule has 0 amide bonds. The molecule has 0 radical (unpaired) electrons. The van der Waals surface area contributed by atoms with Crippen molar-refractivity contribution < 1.29 is 5.11 Å². The molecule has 1 nitrogen and oxygen atoms in total. The molecule has 0 bridgehead atoms. The Morgan fingerprint density at radius 3 is 1.85 bits per heavy atom. The molecule has 0 saturated heterocycles. The van der Waals surface area contributed by atoms with Gasteiger partial charge in [-0.05, 0) is 39.5 Å². The first-order valence-electron chi connectivity index (χ1n) is 8.98. The van der Waals surface area contributed by atoms with E-state index in [1.165, 1.54) is 63.4 Å². The minimum absolute atomic E-state index is 0.0647. The van der Waals surface area contributed by atoms with Crippen molar-refractivity contribution in [2.75, 3.05) is 0 Å². The molecule has 0 aromatic rings. The van der Waals surface area contributed by atoms with Crippen molar-refractivity contribution in [1.29, 1.82) is 0 Å². The summed E-state index contributed by atoms with van der Waals surface area (Å²) < 4.78 is 0. The Morgan fingerprint density at radius 2 is 1.30 bits per heavy atom. The molecule has 1 N–H and O–H groups in total. The molecule has 0 aliphatic heterocycles. The standard InChI is InChI=1S/C19H38O/c1-4-5-6-7-8-9-10-11-12-16-19(20)17-14-13-15-18(2)3/h15,19-20H,4-14,16-17H2,1-3H3/t19-/m0/s1. The van der Waals surface area contributed by atoms with Gasteiger partial charge >= 0.3 is 0 Å². The lowest BCUT2D eigenvalue weighted by molar-refractivity contribution is 0.148. The molecule has 0 aromatic carbocycles. The number of aliphatic hydroxyl groups excluding tert-OH is 1. The van der Waals surface area contributed by atoms with Crippen molar-refractivity contribution >= 4 is 0 Å². The van der Waals surface area contributed by atoms with E-state index < -0.39 is 0 Å². The molecule has 0 aliphatic rings. The third-order valence-corrected chi connectivity index (χ3v) is 3.93. The van der Waals surface area contributed by atoms with Crippen LogP contribution in [-0.4, -0.2) is 11.2 Å². The first kappa shape index (κ1) is 19.7. The van der Waals surface area contributed by atoms with Gasteiger partial charge < -0.3 is 5.11 Å². The maximum atomic E-state index is 9.89. The van der Waals surface area contributed by atoms with Gasteiger partial charge in [0.05, 0.1) is 6.10 Å². The summed E-state index contributed by atoms with van der Waals surface area (Å²) in [7, 11) is 0. The second-order valence-electron chi connectivity index (χ2n) is 6.48. The Kier molecular flexibility index (Phi) is 14.9. The van der Waals surface area contributed by atoms with Crippen molar-refractivity contribution in [2.45, 2.75) is 110 Å². The van der Waals surface area contributed by atoms with Crippen LogP contribution in [0.2, 0.25) is 0 Å². The molecule has 1 atom stereocenters. The van der Waals surface area contributed by atoms with Crippen molar-refractivity contribution in [3.05, 3.63) is 11.6 Å². The number of hydrogen-bond acceptors (Lipinski definition) is 1. The van der Waals surface area contributed by atoms with Gasteiger partial charge in [0, 0.05) is 0 Å². The van der Waals surface area contributed by atoms with Crippen LogP contribution in [0.3, 0.4) is 0 Å². The highest BCUT2D eigenvalue weighted by molar-refractivity contribution is 4.92. The predicted molar refractivity (Wildman–Crippen MR) is 91.1 cm³/mol. The van der Waals surface area contributed by atoms with Crippen LogP contribution in [-0.2, 0) is 0 Å². The number of aliphatic hydroxyl groups is 1. The molecular formula is C19H38O. The van der Waals surface area contributed by atoms with Crippen molar-refractivity contribution in [3.8, 4) is 0 Å². The second-order valence-corrected chi connectivity index (χ2v) is 6.48. The summed E-state index contributed by atoms with van der Waals surface area (Å²) in [6.07, 6.45) is 18.7. The van der Waals surface area contributed by atoms with E-state index in [0.29, 0.717) is 0 Å². The van der Waals surface area contributed by atoms with Crippen LogP contribution in [0.1, 0.15) is 104 Å². The van der Waals surface area contributed by atoms with Gasteiger partial charge in [-0.2, -0.15) is 0 Å². The minimum Gasteiger partial charge on any atom is -0.393 e. The Morgan fingerprint density at radius 1 is 0.800 bits per heavy atom. The normalized spacial score (nSPS) is 12.4. The molecule has 0 heterocycles. The first-order chi connectivity index (χ1) is 9.66. The van der Waals surface area contributed by atoms with Gasteiger partial charge in [-0.3, -0.25) is 0 Å². The molecule has 0 fully saturated rings. The smallest absolute Gasteiger partial charge is 0.0540 e. The molecule has 0 saturated carbocycles. The average Bonchev–Trinajstić information content (AvgIpc) is 2.41. The SMILES string of the molecule is CCCCCCCCCCC[C@H](O)CCCC=C(C)C. The van der Waals surface area contributed by atoms with Crippen LogP contribution in [0.5, 0.6) is 0 Å². The predicted octanol–water partition coefficient (Wildman–Crippen LogP) is 6.40. The van der Waals surface area contributed by atoms with Gasteiger partial charge in [-0.25, -0.2) is 0 Å². The topological polar surface area (TPSA) is 20.2 Å². The molecule has 20 heavy (non-hydrogen) atoms. The van der Waals surface area contributed by atoms with Crippen molar-refractivity contribution in [1.82, 2.24) is 0 Å². The Hall–Kier alpha value is -0.300. The third kappa shape index (κ3) is 15.8. The van der Waals surface area contributed by atoms with E-state index >= 15 is 0 Å². The molecule has 0 aromatic heterocycles. The van der Waals surface area contributed by atoms with E-state index in [2.05, 4.69) is 26.8 Å². The van der Waals surface area contributed by atoms with Gasteiger partial charge in [0.25, 0.3) is 0 Å². The number of allylic oxidation sites excluding steroid dienone is 2. The minimum atomic E-state index is -0.0647. The number of rotatable bonds is 14. The van der Waals surface area contributed by atoms with Crippen molar-refractivity contribution in [3.63, 3.8) is 0 Å². The summed E-state index contributed by atoms with van der Waals surface area (Å²) in [5.41, 5.74) is 1.39. The molecule has 120 valence electrons. The molecule has 0 spiro atoms. The zero-order valence-corrected chi connectivity index (χ0v) is 14.3. The Bertz CT molecular complexity index is 216. The van der Waals surface area contributed by atoms with E-state index in [1.807, 2.05) is 0 Å². The fourth-order valence-corrected chi connectivity index (χ4v) is 2.58. The average molecular weight is 283 g/mol. The van der Waals surface area contributed by atoms with Gasteiger partial charge in [-0.15, -0.1) is 0 Å². The monoisotopic (exact) mass is 282 g/mol. The fourth-order valence-electron chi connectivity index (χ4n) is 2.58. The van der Waals surface area contributed by atoms with Gasteiger partial charge in [0.2, 0.25) is 0 Å². The van der Waals surface area contributed by atoms with Crippen LogP contribution in [0.15, 0.2) is 11.6 Å². The third-order valence-electron chi connectivity index (χ3n) is 3.93. The summed E-state index contributed by atoms with van der Waals surface area (Å²) >= 11 is 0. The van der Waals surface area contributed by atoms with E-state index in [1.54, 1.807) is 0 Å². The lowest BCUT2D eigenvalue weighted by atomic mass is 10.0. The lowest BCUT2D eigenvalue weighted by Crippen LogP contribution is -2.05. The maximum absolute atomic E-state index is 9.89. The zero-order chi connectivity index (χ0) is 15.1. The Labute approximate surface area is 127 Å². The first-order valence-corrected chi connectivity index (χ1v) is 8.98. The lowest BCUT2D eigenvalue weighted by Gasteiger charge is -2.09. The molecule has 0 rings (SSSR count). The molecular weight excluding hydrogens is 244 g/mol. The van der Waals surface area contributed by atoms with Crippen LogP contribution in [0.4, 0.5) is 0 Å². The summed E-state index contributed by atoms with van der Waals surface area (Å²) in [5.74, 6) is 0.